The summed E-state index contributed by atoms with van der Waals surface area (Å²) in [6.07, 6.45) is 0.727. The highest BCUT2D eigenvalue weighted by Gasteiger charge is 2.35. The minimum atomic E-state index is -0.415. The number of nitrogens with zero attached hydrogens (tertiary/aromatic N) is 1. The fourth-order valence-corrected chi connectivity index (χ4v) is 3.74. The molecule has 2 aromatic rings. The highest BCUT2D eigenvalue weighted by atomic mass is 16.7. The number of carbonyl (C=O) groups is 2. The number of ether oxygens (including phenoxy) is 2. The standard InChI is InChI=1S/C22H24N2O5/c25-13-18(8-15-4-2-1-3-5-15)23-22(27)17-10-21(26)24(12-17)11-16-6-7-19-20(9-16)29-14-28-19/h1-7,9,17-18,25H,8,10-14H2,(H,23,27)/t17?,18-/m0/s1. The van der Waals surface area contributed by atoms with E-state index in [2.05, 4.69) is 5.32 Å². The molecule has 7 nitrogen and oxygen atoms in total. The van der Waals surface area contributed by atoms with Crippen molar-refractivity contribution < 1.29 is 24.2 Å². The molecule has 7 heteroatoms. The Morgan fingerprint density at radius 2 is 1.93 bits per heavy atom. The Morgan fingerprint density at radius 3 is 2.72 bits per heavy atom. The first-order valence-electron chi connectivity index (χ1n) is 9.74. The van der Waals surface area contributed by atoms with Crippen LogP contribution in [-0.4, -0.2) is 47.8 Å². The molecule has 1 unspecified atom stereocenters. The SMILES string of the molecule is O=C(N[C@H](CO)Cc1ccccc1)C1CC(=O)N(Cc2ccc3c(c2)OCO3)C1. The van der Waals surface area contributed by atoms with Gasteiger partial charge in [-0.25, -0.2) is 0 Å². The molecule has 29 heavy (non-hydrogen) atoms. The summed E-state index contributed by atoms with van der Waals surface area (Å²) in [5, 5.41) is 12.5. The summed E-state index contributed by atoms with van der Waals surface area (Å²) in [6, 6.07) is 14.9. The first kappa shape index (κ1) is 19.3. The Kier molecular flexibility index (Phi) is 5.67. The Morgan fingerprint density at radius 1 is 1.14 bits per heavy atom. The van der Waals surface area contributed by atoms with Gasteiger partial charge in [0, 0.05) is 19.5 Å². The lowest BCUT2D eigenvalue weighted by Crippen LogP contribution is -2.43. The number of amides is 2. The van der Waals surface area contributed by atoms with Crippen LogP contribution in [-0.2, 0) is 22.6 Å². The number of hydrogen-bond acceptors (Lipinski definition) is 5. The zero-order valence-electron chi connectivity index (χ0n) is 16.0. The molecule has 2 amide bonds. The van der Waals surface area contributed by atoms with Crippen LogP contribution in [0.3, 0.4) is 0 Å². The Bertz CT molecular complexity index is 886. The fourth-order valence-electron chi connectivity index (χ4n) is 3.74. The molecule has 2 aromatic carbocycles. The summed E-state index contributed by atoms with van der Waals surface area (Å²) in [5.74, 6) is 0.719. The Balaban J connectivity index is 1.33. The summed E-state index contributed by atoms with van der Waals surface area (Å²) < 4.78 is 10.7. The highest BCUT2D eigenvalue weighted by molar-refractivity contribution is 5.89. The van der Waals surface area contributed by atoms with Crippen LogP contribution in [0.1, 0.15) is 17.5 Å². The highest BCUT2D eigenvalue weighted by Crippen LogP contribution is 2.33. The van der Waals surface area contributed by atoms with Gasteiger partial charge in [-0.15, -0.1) is 0 Å². The maximum atomic E-state index is 12.7. The van der Waals surface area contributed by atoms with E-state index in [1.54, 1.807) is 4.90 Å². The van der Waals surface area contributed by atoms with Crippen LogP contribution in [0.15, 0.2) is 48.5 Å². The van der Waals surface area contributed by atoms with Gasteiger partial charge in [-0.2, -0.15) is 0 Å². The first-order chi connectivity index (χ1) is 14.1. The molecule has 2 atom stereocenters. The normalized spacial score (nSPS) is 18.7. The summed E-state index contributed by atoms with van der Waals surface area (Å²) in [5.41, 5.74) is 1.97. The summed E-state index contributed by atoms with van der Waals surface area (Å²) in [4.78, 5) is 26.8. The van der Waals surface area contributed by atoms with Crippen LogP contribution in [0.4, 0.5) is 0 Å². The predicted molar refractivity (Wildman–Crippen MR) is 105 cm³/mol. The van der Waals surface area contributed by atoms with E-state index in [0.29, 0.717) is 31.0 Å². The van der Waals surface area contributed by atoms with Crippen LogP contribution in [0.25, 0.3) is 0 Å². The molecule has 0 spiro atoms. The van der Waals surface area contributed by atoms with Gasteiger partial charge >= 0.3 is 0 Å². The molecule has 4 rings (SSSR count). The fraction of sp³-hybridized carbons (Fsp3) is 0.364. The number of fused-ring (bicyclic) bond motifs is 1. The summed E-state index contributed by atoms with van der Waals surface area (Å²) in [7, 11) is 0. The largest absolute Gasteiger partial charge is 0.454 e. The monoisotopic (exact) mass is 396 g/mol. The van der Waals surface area contributed by atoms with E-state index in [-0.39, 0.29) is 37.7 Å². The van der Waals surface area contributed by atoms with E-state index in [0.717, 1.165) is 11.1 Å². The predicted octanol–water partition coefficient (Wildman–Crippen LogP) is 1.48. The molecule has 0 radical (unpaired) electrons. The molecule has 0 aromatic heterocycles. The van der Waals surface area contributed by atoms with Gasteiger partial charge in [-0.3, -0.25) is 9.59 Å². The van der Waals surface area contributed by atoms with E-state index in [1.165, 1.54) is 0 Å². The summed E-state index contributed by atoms with van der Waals surface area (Å²) in [6.45, 7) is 0.843. The minimum Gasteiger partial charge on any atom is -0.454 e. The number of carbonyl (C=O) groups excluding carboxylic acids is 2. The average molecular weight is 396 g/mol. The van der Waals surface area contributed by atoms with Crippen LogP contribution >= 0.6 is 0 Å². The van der Waals surface area contributed by atoms with Crippen molar-refractivity contribution in [1.82, 2.24) is 10.2 Å². The number of hydrogen-bond donors (Lipinski definition) is 2. The van der Waals surface area contributed by atoms with Crippen molar-refractivity contribution in [2.24, 2.45) is 5.92 Å². The second kappa shape index (κ2) is 8.53. The van der Waals surface area contributed by atoms with Crippen molar-refractivity contribution in [3.05, 3.63) is 59.7 Å². The number of aliphatic hydroxyl groups excluding tert-OH is 1. The van der Waals surface area contributed by atoms with Crippen LogP contribution in [0.2, 0.25) is 0 Å². The number of nitrogens with one attached hydrogen (secondary N) is 1. The quantitative estimate of drug-likeness (QED) is 0.740. The lowest BCUT2D eigenvalue weighted by atomic mass is 10.0. The molecule has 0 bridgehead atoms. The molecule has 1 saturated heterocycles. The van der Waals surface area contributed by atoms with Crippen LogP contribution < -0.4 is 14.8 Å². The third-order valence-electron chi connectivity index (χ3n) is 5.29. The number of benzene rings is 2. The van der Waals surface area contributed by atoms with Crippen molar-refractivity contribution >= 4 is 11.8 Å². The smallest absolute Gasteiger partial charge is 0.231 e. The van der Waals surface area contributed by atoms with Crippen molar-refractivity contribution in [3.8, 4) is 11.5 Å². The van der Waals surface area contributed by atoms with E-state index < -0.39 is 5.92 Å². The van der Waals surface area contributed by atoms with Crippen LogP contribution in [0.5, 0.6) is 11.5 Å². The van der Waals surface area contributed by atoms with Gasteiger partial charge in [0.05, 0.1) is 18.6 Å². The minimum absolute atomic E-state index is 0.0496. The van der Waals surface area contributed by atoms with Crippen molar-refractivity contribution in [1.29, 1.82) is 0 Å². The lowest BCUT2D eigenvalue weighted by Gasteiger charge is -2.20. The molecule has 0 saturated carbocycles. The van der Waals surface area contributed by atoms with Gasteiger partial charge in [0.25, 0.3) is 0 Å². The third-order valence-corrected chi connectivity index (χ3v) is 5.29. The topological polar surface area (TPSA) is 88.1 Å². The molecule has 0 aliphatic carbocycles. The summed E-state index contributed by atoms with van der Waals surface area (Å²) >= 11 is 0. The zero-order chi connectivity index (χ0) is 20.2. The van der Waals surface area contributed by atoms with E-state index in [4.69, 9.17) is 9.47 Å². The molecule has 1 fully saturated rings. The second-order valence-corrected chi connectivity index (χ2v) is 7.44. The van der Waals surface area contributed by atoms with E-state index in [9.17, 15) is 14.7 Å². The molecule has 2 N–H and O–H groups in total. The number of aliphatic hydroxyl groups is 1. The molecule has 152 valence electrons. The Hall–Kier alpha value is -3.06. The van der Waals surface area contributed by atoms with Gasteiger partial charge in [-0.05, 0) is 29.7 Å². The maximum absolute atomic E-state index is 12.7. The molecule has 2 heterocycles. The van der Waals surface area contributed by atoms with E-state index in [1.807, 2.05) is 48.5 Å². The van der Waals surface area contributed by atoms with Crippen molar-refractivity contribution in [2.75, 3.05) is 19.9 Å². The lowest BCUT2D eigenvalue weighted by molar-refractivity contribution is -0.129. The van der Waals surface area contributed by atoms with Crippen molar-refractivity contribution in [2.45, 2.75) is 25.4 Å². The molecular formula is C22H24N2O5. The molecule has 2 aliphatic heterocycles. The second-order valence-electron chi connectivity index (χ2n) is 7.44. The van der Waals surface area contributed by atoms with Crippen molar-refractivity contribution in [3.63, 3.8) is 0 Å². The zero-order valence-corrected chi connectivity index (χ0v) is 16.0. The van der Waals surface area contributed by atoms with E-state index >= 15 is 0 Å². The van der Waals surface area contributed by atoms with Gasteiger partial charge in [0.15, 0.2) is 11.5 Å². The molecule has 2 aliphatic rings. The number of likely N-dealkylation sites (tertiary alicyclic amines) is 1. The van der Waals surface area contributed by atoms with Gasteiger partial charge < -0.3 is 24.8 Å². The first-order valence-corrected chi connectivity index (χ1v) is 9.74. The average Bonchev–Trinajstić information content (AvgIpc) is 3.34. The Labute approximate surface area is 169 Å². The van der Waals surface area contributed by atoms with Gasteiger partial charge in [0.1, 0.15) is 0 Å². The molecular weight excluding hydrogens is 372 g/mol. The van der Waals surface area contributed by atoms with Crippen LogP contribution in [0, 0.1) is 5.92 Å². The maximum Gasteiger partial charge on any atom is 0.231 e. The van der Waals surface area contributed by atoms with Gasteiger partial charge in [0.2, 0.25) is 18.6 Å². The number of rotatable bonds is 7. The third kappa shape index (κ3) is 4.51. The van der Waals surface area contributed by atoms with Gasteiger partial charge in [-0.1, -0.05) is 36.4 Å².